The number of halogens is 1. The van der Waals surface area contributed by atoms with E-state index in [0.29, 0.717) is 6.42 Å². The molecule has 112 valence electrons. The Morgan fingerprint density at radius 3 is 1.58 bits per heavy atom. The van der Waals surface area contributed by atoms with Crippen molar-refractivity contribution in [2.24, 2.45) is 0 Å². The van der Waals surface area contributed by atoms with E-state index in [9.17, 15) is 8.42 Å². The van der Waals surface area contributed by atoms with Gasteiger partial charge in [0.15, 0.2) is 0 Å². The van der Waals surface area contributed by atoms with Crippen molar-refractivity contribution in [2.45, 2.75) is 71.1 Å². The van der Waals surface area contributed by atoms with Crippen LogP contribution in [0.5, 0.6) is 0 Å². The van der Waals surface area contributed by atoms with Crippen LogP contribution in [0.2, 0.25) is 0 Å². The Kier molecular flexibility index (Phi) is 23.2. The summed E-state index contributed by atoms with van der Waals surface area (Å²) in [6, 6.07) is 0. The summed E-state index contributed by atoms with van der Waals surface area (Å²) >= 11 is 0. The molecule has 0 aliphatic rings. The van der Waals surface area contributed by atoms with Gasteiger partial charge in [0, 0.05) is 0 Å². The van der Waals surface area contributed by atoms with E-state index in [2.05, 4.69) is 11.1 Å². The summed E-state index contributed by atoms with van der Waals surface area (Å²) in [5, 5.41) is 0. The molecular formula is C12H26BrNaO4S. The Morgan fingerprint density at radius 2 is 1.21 bits per heavy atom. The maximum atomic E-state index is 10.2. The van der Waals surface area contributed by atoms with Gasteiger partial charge in [0.25, 0.3) is 0 Å². The number of hydrogen-bond donors (Lipinski definition) is 1. The quantitative estimate of drug-likeness (QED) is 0.240. The minimum Gasteiger partial charge on any atom is -1.00 e. The molecule has 4 nitrogen and oxygen atoms in total. The Balaban J connectivity index is -0.00000128. The van der Waals surface area contributed by atoms with E-state index in [1.165, 1.54) is 44.9 Å². The summed E-state index contributed by atoms with van der Waals surface area (Å²) in [5.41, 5.74) is 0. The van der Waals surface area contributed by atoms with Crippen LogP contribution in [0.25, 0.3) is 0 Å². The van der Waals surface area contributed by atoms with Gasteiger partial charge in [-0.3, -0.25) is 4.55 Å². The van der Waals surface area contributed by atoms with Gasteiger partial charge in [-0.15, -0.1) is 0 Å². The molecule has 7 heteroatoms. The van der Waals surface area contributed by atoms with Gasteiger partial charge >= 0.3 is 40.0 Å². The van der Waals surface area contributed by atoms with Crippen LogP contribution in [0.4, 0.5) is 0 Å². The average molecular weight is 369 g/mol. The third-order valence-electron chi connectivity index (χ3n) is 2.73. The summed E-state index contributed by atoms with van der Waals surface area (Å²) in [6.07, 6.45) is 11.9. The van der Waals surface area contributed by atoms with Gasteiger partial charge in [0.1, 0.15) is 0 Å². The van der Waals surface area contributed by atoms with Gasteiger partial charge < -0.3 is 17.0 Å². The Labute approximate surface area is 151 Å². The van der Waals surface area contributed by atoms with Gasteiger partial charge in [-0.05, 0) is 6.42 Å². The zero-order valence-corrected chi connectivity index (χ0v) is 16.6. The molecule has 0 fully saturated rings. The SMILES string of the molecule is CCCCCCCCCCCCOS(=O)(=O)O.[Br-].[Na+]. The molecule has 0 saturated heterocycles. The van der Waals surface area contributed by atoms with Gasteiger partial charge in [-0.2, -0.15) is 8.42 Å². The second-order valence-electron chi connectivity index (χ2n) is 4.43. The normalized spacial score (nSPS) is 10.6. The van der Waals surface area contributed by atoms with Crippen LogP contribution in [-0.2, 0) is 14.6 Å². The van der Waals surface area contributed by atoms with Crippen LogP contribution in [0, 0.1) is 0 Å². The molecule has 0 aromatic carbocycles. The predicted octanol–water partition coefficient (Wildman–Crippen LogP) is -2.27. The molecule has 0 unspecified atom stereocenters. The third kappa shape index (κ3) is 24.7. The van der Waals surface area contributed by atoms with Crippen molar-refractivity contribution in [3.05, 3.63) is 0 Å². The van der Waals surface area contributed by atoms with Crippen LogP contribution in [0.15, 0.2) is 0 Å². The maximum absolute atomic E-state index is 10.2. The molecule has 0 aliphatic heterocycles. The topological polar surface area (TPSA) is 63.6 Å². The minimum absolute atomic E-state index is 0. The molecule has 0 aromatic heterocycles. The predicted molar refractivity (Wildman–Crippen MR) is 69.3 cm³/mol. The van der Waals surface area contributed by atoms with Crippen LogP contribution >= 0.6 is 0 Å². The zero-order chi connectivity index (χ0) is 13.0. The van der Waals surface area contributed by atoms with E-state index in [1.54, 1.807) is 0 Å². The van der Waals surface area contributed by atoms with Crippen LogP contribution in [-0.4, -0.2) is 19.6 Å². The summed E-state index contributed by atoms with van der Waals surface area (Å²) in [6.45, 7) is 2.31. The number of hydrogen-bond acceptors (Lipinski definition) is 3. The fourth-order valence-corrected chi connectivity index (χ4v) is 2.08. The molecule has 0 bridgehead atoms. The molecule has 0 spiro atoms. The molecule has 0 atom stereocenters. The molecule has 0 amide bonds. The summed E-state index contributed by atoms with van der Waals surface area (Å²) in [5.74, 6) is 0. The van der Waals surface area contributed by atoms with Crippen molar-refractivity contribution >= 4 is 10.4 Å². The van der Waals surface area contributed by atoms with Crippen molar-refractivity contribution in [3.63, 3.8) is 0 Å². The molecular weight excluding hydrogens is 343 g/mol. The van der Waals surface area contributed by atoms with Crippen molar-refractivity contribution in [1.29, 1.82) is 0 Å². The minimum atomic E-state index is -4.23. The van der Waals surface area contributed by atoms with E-state index in [1.807, 2.05) is 0 Å². The van der Waals surface area contributed by atoms with Gasteiger partial charge in [-0.25, -0.2) is 4.18 Å². The van der Waals surface area contributed by atoms with E-state index < -0.39 is 10.4 Å². The van der Waals surface area contributed by atoms with E-state index in [-0.39, 0.29) is 53.1 Å². The van der Waals surface area contributed by atoms with Crippen molar-refractivity contribution in [2.75, 3.05) is 6.61 Å². The Bertz CT molecular complexity index is 260. The molecule has 0 aromatic rings. The zero-order valence-electron chi connectivity index (χ0n) is 12.2. The van der Waals surface area contributed by atoms with Crippen LogP contribution in [0.3, 0.4) is 0 Å². The molecule has 0 radical (unpaired) electrons. The molecule has 19 heavy (non-hydrogen) atoms. The third-order valence-corrected chi connectivity index (χ3v) is 3.19. The number of unbranched alkanes of at least 4 members (excludes halogenated alkanes) is 9. The second-order valence-corrected chi connectivity index (χ2v) is 5.52. The van der Waals surface area contributed by atoms with E-state index >= 15 is 0 Å². The van der Waals surface area contributed by atoms with Crippen molar-refractivity contribution in [3.8, 4) is 0 Å². The number of rotatable bonds is 12. The first-order chi connectivity index (χ1) is 8.06. The summed E-state index contributed by atoms with van der Waals surface area (Å²) in [4.78, 5) is 0. The summed E-state index contributed by atoms with van der Waals surface area (Å²) in [7, 11) is -4.23. The standard InChI is InChI=1S/C12H26O4S.BrH.Na/c1-2-3-4-5-6-7-8-9-10-11-12-16-17(13,14)15;;/h2-12H2,1H3,(H,13,14,15);1H;/q;;+1/p-1. The first kappa shape index (κ1) is 25.3. The van der Waals surface area contributed by atoms with E-state index in [4.69, 9.17) is 4.55 Å². The summed E-state index contributed by atoms with van der Waals surface area (Å²) < 4.78 is 33.0. The monoisotopic (exact) mass is 368 g/mol. The molecule has 1 N–H and O–H groups in total. The second kappa shape index (κ2) is 17.4. The first-order valence-electron chi connectivity index (χ1n) is 6.68. The molecule has 0 rings (SSSR count). The average Bonchev–Trinajstić information content (AvgIpc) is 2.24. The van der Waals surface area contributed by atoms with Crippen molar-refractivity contribution in [1.82, 2.24) is 0 Å². The fourth-order valence-electron chi connectivity index (χ4n) is 1.75. The fraction of sp³-hybridized carbons (Fsp3) is 1.00. The first-order valence-corrected chi connectivity index (χ1v) is 8.04. The van der Waals surface area contributed by atoms with Crippen LogP contribution in [0.1, 0.15) is 71.1 Å². The van der Waals surface area contributed by atoms with E-state index in [0.717, 1.165) is 12.8 Å². The van der Waals surface area contributed by atoms with Gasteiger partial charge in [0.2, 0.25) is 0 Å². The molecule has 0 aliphatic carbocycles. The Hall–Kier alpha value is 1.35. The Morgan fingerprint density at radius 1 is 0.842 bits per heavy atom. The smallest absolute Gasteiger partial charge is 1.00 e. The van der Waals surface area contributed by atoms with Gasteiger partial charge in [-0.1, -0.05) is 64.7 Å². The van der Waals surface area contributed by atoms with Crippen molar-refractivity contribution < 1.29 is 63.7 Å². The largest absolute Gasteiger partial charge is 1.00 e. The van der Waals surface area contributed by atoms with Gasteiger partial charge in [0.05, 0.1) is 6.61 Å². The maximum Gasteiger partial charge on any atom is 1.00 e. The molecule has 0 heterocycles. The van der Waals surface area contributed by atoms with Crippen LogP contribution < -0.4 is 46.5 Å². The molecule has 0 saturated carbocycles.